The Labute approximate surface area is 132 Å². The van der Waals surface area contributed by atoms with Crippen LogP contribution in [0.4, 0.5) is 18.9 Å². The Morgan fingerprint density at radius 1 is 1.41 bits per heavy atom. The fourth-order valence-electron chi connectivity index (χ4n) is 2.64. The summed E-state index contributed by atoms with van der Waals surface area (Å²) in [7, 11) is 0. The number of nitrogens with zero attached hydrogens (tertiary/aromatic N) is 1. The van der Waals surface area contributed by atoms with Crippen LogP contribution in [0.3, 0.4) is 0 Å². The van der Waals surface area contributed by atoms with Gasteiger partial charge in [-0.2, -0.15) is 24.9 Å². The second-order valence-corrected chi connectivity index (χ2v) is 6.37. The molecule has 0 radical (unpaired) electrons. The van der Waals surface area contributed by atoms with Gasteiger partial charge < -0.3 is 5.32 Å². The topological polar surface area (TPSA) is 32.3 Å². The van der Waals surface area contributed by atoms with Crippen LogP contribution in [0, 0.1) is 0 Å². The van der Waals surface area contributed by atoms with Gasteiger partial charge in [0.15, 0.2) is 0 Å². The van der Waals surface area contributed by atoms with Gasteiger partial charge in [0.25, 0.3) is 0 Å². The van der Waals surface area contributed by atoms with Gasteiger partial charge in [0.05, 0.1) is 11.8 Å². The normalized spacial score (nSPS) is 16.4. The number of thioether (sulfide) groups is 1. The largest absolute Gasteiger partial charge is 0.401 e. The third kappa shape index (κ3) is 4.16. The Hall–Kier alpha value is -1.21. The first-order valence-electron chi connectivity index (χ1n) is 7.07. The molecular weight excluding hydrogens is 313 g/mol. The van der Waals surface area contributed by atoms with Crippen LogP contribution in [0.15, 0.2) is 18.2 Å². The number of amides is 1. The van der Waals surface area contributed by atoms with Crippen molar-refractivity contribution in [3.63, 3.8) is 0 Å². The van der Waals surface area contributed by atoms with Crippen molar-refractivity contribution in [1.29, 1.82) is 0 Å². The van der Waals surface area contributed by atoms with Crippen molar-refractivity contribution in [2.75, 3.05) is 18.1 Å². The van der Waals surface area contributed by atoms with Crippen LogP contribution >= 0.6 is 11.8 Å². The summed E-state index contributed by atoms with van der Waals surface area (Å²) in [5.74, 6) is -0.0994. The zero-order valence-corrected chi connectivity index (χ0v) is 13.4. The van der Waals surface area contributed by atoms with E-state index in [0.717, 1.165) is 11.1 Å². The molecule has 7 heteroatoms. The minimum Gasteiger partial charge on any atom is -0.325 e. The van der Waals surface area contributed by atoms with Crippen molar-refractivity contribution in [3.05, 3.63) is 29.3 Å². The van der Waals surface area contributed by atoms with E-state index < -0.39 is 12.7 Å². The van der Waals surface area contributed by atoms with Crippen molar-refractivity contribution in [2.45, 2.75) is 37.9 Å². The number of benzene rings is 1. The fourth-order valence-corrected chi connectivity index (χ4v) is 3.25. The zero-order valence-electron chi connectivity index (χ0n) is 12.5. The third-order valence-electron chi connectivity index (χ3n) is 3.66. The van der Waals surface area contributed by atoms with Crippen LogP contribution in [0.25, 0.3) is 0 Å². The Morgan fingerprint density at radius 3 is 2.73 bits per heavy atom. The zero-order chi connectivity index (χ0) is 16.3. The lowest BCUT2D eigenvalue weighted by molar-refractivity contribution is -0.147. The summed E-state index contributed by atoms with van der Waals surface area (Å²) in [6.07, 6.45) is -1.63. The van der Waals surface area contributed by atoms with Gasteiger partial charge in [-0.05, 0) is 29.9 Å². The number of hydrogen-bond donors (Lipinski definition) is 1. The number of halogens is 3. The predicted molar refractivity (Wildman–Crippen MR) is 82.8 cm³/mol. The maximum Gasteiger partial charge on any atom is 0.401 e. The lowest BCUT2D eigenvalue weighted by Gasteiger charge is -2.17. The number of hydrogen-bond acceptors (Lipinski definition) is 3. The highest BCUT2D eigenvalue weighted by Crippen LogP contribution is 2.31. The third-order valence-corrected chi connectivity index (χ3v) is 4.77. The van der Waals surface area contributed by atoms with E-state index in [1.807, 2.05) is 19.2 Å². The predicted octanol–water partition coefficient (Wildman–Crippen LogP) is 3.64. The molecule has 0 fully saturated rings. The van der Waals surface area contributed by atoms with E-state index in [-0.39, 0.29) is 24.2 Å². The molecule has 1 aliphatic rings. The van der Waals surface area contributed by atoms with Crippen LogP contribution in [-0.4, -0.2) is 35.0 Å². The second kappa shape index (κ2) is 6.91. The first-order chi connectivity index (χ1) is 10.3. The summed E-state index contributed by atoms with van der Waals surface area (Å²) in [5.41, 5.74) is 2.26. The molecule has 0 aromatic heterocycles. The number of nitrogens with one attached hydrogen (secondary N) is 1. The van der Waals surface area contributed by atoms with E-state index in [1.165, 1.54) is 16.7 Å². The maximum absolute atomic E-state index is 12.5. The SMILES string of the molecule is CC[C@H](SC)C(=O)Nc1cccc2c1CN(CC(F)(F)F)C2. The van der Waals surface area contributed by atoms with E-state index in [2.05, 4.69) is 5.32 Å². The second-order valence-electron chi connectivity index (χ2n) is 5.33. The van der Waals surface area contributed by atoms with Gasteiger partial charge in [0, 0.05) is 18.8 Å². The molecule has 1 heterocycles. The number of carbonyl (C=O) groups excluding carboxylic acids is 1. The monoisotopic (exact) mass is 332 g/mol. The molecule has 0 unspecified atom stereocenters. The average molecular weight is 332 g/mol. The van der Waals surface area contributed by atoms with E-state index >= 15 is 0 Å². The quantitative estimate of drug-likeness (QED) is 0.893. The summed E-state index contributed by atoms with van der Waals surface area (Å²) < 4.78 is 37.6. The molecule has 0 saturated heterocycles. The lowest BCUT2D eigenvalue weighted by Crippen LogP contribution is -2.30. The molecule has 0 saturated carbocycles. The summed E-state index contributed by atoms with van der Waals surface area (Å²) in [6.45, 7) is 1.47. The van der Waals surface area contributed by atoms with E-state index in [1.54, 1.807) is 12.1 Å². The van der Waals surface area contributed by atoms with E-state index in [4.69, 9.17) is 0 Å². The Morgan fingerprint density at radius 2 is 2.14 bits per heavy atom. The summed E-state index contributed by atoms with van der Waals surface area (Å²) in [5, 5.41) is 2.71. The number of carbonyl (C=O) groups is 1. The minimum atomic E-state index is -4.21. The van der Waals surface area contributed by atoms with Crippen molar-refractivity contribution >= 4 is 23.4 Å². The molecule has 22 heavy (non-hydrogen) atoms. The number of anilines is 1. The van der Waals surface area contributed by atoms with Gasteiger partial charge in [-0.15, -0.1) is 0 Å². The van der Waals surface area contributed by atoms with Crippen molar-refractivity contribution in [1.82, 2.24) is 4.90 Å². The van der Waals surface area contributed by atoms with Gasteiger partial charge >= 0.3 is 6.18 Å². The van der Waals surface area contributed by atoms with Crippen LogP contribution in [-0.2, 0) is 17.9 Å². The van der Waals surface area contributed by atoms with E-state index in [9.17, 15) is 18.0 Å². The molecule has 1 amide bonds. The van der Waals surface area contributed by atoms with Gasteiger partial charge in [0.2, 0.25) is 5.91 Å². The smallest absolute Gasteiger partial charge is 0.325 e. The summed E-state index contributed by atoms with van der Waals surface area (Å²) in [4.78, 5) is 13.5. The summed E-state index contributed by atoms with van der Waals surface area (Å²) in [6, 6.07) is 5.33. The van der Waals surface area contributed by atoms with Crippen molar-refractivity contribution < 1.29 is 18.0 Å². The fraction of sp³-hybridized carbons (Fsp3) is 0.533. The van der Waals surface area contributed by atoms with Gasteiger partial charge in [-0.1, -0.05) is 19.1 Å². The van der Waals surface area contributed by atoms with Crippen LogP contribution in [0.5, 0.6) is 0 Å². The molecule has 122 valence electrons. The molecule has 1 aromatic rings. The highest BCUT2D eigenvalue weighted by Gasteiger charge is 2.34. The minimum absolute atomic E-state index is 0.0994. The first-order valence-corrected chi connectivity index (χ1v) is 8.36. The Kier molecular flexibility index (Phi) is 5.39. The Bertz CT molecular complexity index is 544. The van der Waals surface area contributed by atoms with Crippen LogP contribution < -0.4 is 5.32 Å². The molecule has 1 aliphatic heterocycles. The number of fused-ring (bicyclic) bond motifs is 1. The van der Waals surface area contributed by atoms with Gasteiger partial charge in [-0.3, -0.25) is 9.69 Å². The molecule has 0 aliphatic carbocycles. The highest BCUT2D eigenvalue weighted by molar-refractivity contribution is 7.99. The molecule has 0 bridgehead atoms. The maximum atomic E-state index is 12.5. The number of alkyl halides is 3. The molecule has 1 aromatic carbocycles. The van der Waals surface area contributed by atoms with E-state index in [0.29, 0.717) is 12.1 Å². The molecule has 2 rings (SSSR count). The first kappa shape index (κ1) is 17.1. The summed E-state index contributed by atoms with van der Waals surface area (Å²) >= 11 is 1.47. The molecular formula is C15H19F3N2OS. The highest BCUT2D eigenvalue weighted by atomic mass is 32.2. The molecule has 1 atom stereocenters. The van der Waals surface area contributed by atoms with Crippen molar-refractivity contribution in [2.24, 2.45) is 0 Å². The molecule has 3 nitrogen and oxygen atoms in total. The van der Waals surface area contributed by atoms with Crippen molar-refractivity contribution in [3.8, 4) is 0 Å². The molecule has 1 N–H and O–H groups in total. The average Bonchev–Trinajstić information content (AvgIpc) is 2.81. The van der Waals surface area contributed by atoms with Crippen LogP contribution in [0.1, 0.15) is 24.5 Å². The van der Waals surface area contributed by atoms with Crippen LogP contribution in [0.2, 0.25) is 0 Å². The van der Waals surface area contributed by atoms with Gasteiger partial charge in [0.1, 0.15) is 0 Å². The lowest BCUT2D eigenvalue weighted by atomic mass is 10.1. The Balaban J connectivity index is 2.12. The van der Waals surface area contributed by atoms with Gasteiger partial charge in [-0.25, -0.2) is 0 Å². The standard InChI is InChI=1S/C15H19F3N2OS/c1-3-13(22-2)14(21)19-12-6-4-5-10-7-20(8-11(10)12)9-15(16,17)18/h4-6,13H,3,7-9H2,1-2H3,(H,19,21)/t13-/m0/s1. The molecule has 0 spiro atoms. The number of rotatable bonds is 5.